The number of nitrogens with zero attached hydrogens (tertiary/aromatic N) is 2. The van der Waals surface area contributed by atoms with Crippen LogP contribution in [0.2, 0.25) is 0 Å². The van der Waals surface area contributed by atoms with E-state index in [2.05, 4.69) is 53.1 Å². The second kappa shape index (κ2) is 8.69. The van der Waals surface area contributed by atoms with Crippen molar-refractivity contribution in [2.75, 3.05) is 0 Å². The molecule has 3 heterocycles. The molecule has 0 aliphatic carbocycles. The van der Waals surface area contributed by atoms with Crippen LogP contribution in [0.3, 0.4) is 0 Å². The van der Waals surface area contributed by atoms with Gasteiger partial charge in [0.15, 0.2) is 5.58 Å². The summed E-state index contributed by atoms with van der Waals surface area (Å²) in [7, 11) is 0. The fourth-order valence-electron chi connectivity index (χ4n) is 6.13. The quantitative estimate of drug-likeness (QED) is 0.223. The van der Waals surface area contributed by atoms with Gasteiger partial charge in [0.1, 0.15) is 22.6 Å². The van der Waals surface area contributed by atoms with Gasteiger partial charge in [-0.15, -0.1) is 0 Å². The Morgan fingerprint density at radius 1 is 0.571 bits per heavy atom. The fraction of sp³-hybridized carbons (Fsp3) is 0.0263. The van der Waals surface area contributed by atoms with Gasteiger partial charge in [0.2, 0.25) is 0 Å². The molecule has 42 heavy (non-hydrogen) atoms. The highest BCUT2D eigenvalue weighted by molar-refractivity contribution is 6.09. The molecule has 4 heteroatoms. The first kappa shape index (κ1) is 20.3. The number of hydrogen-bond donors (Lipinski definition) is 0. The number of hydrogen-bond acceptors (Lipinski definition) is 3. The van der Waals surface area contributed by atoms with Gasteiger partial charge >= 0.3 is 0 Å². The van der Waals surface area contributed by atoms with E-state index in [4.69, 9.17) is 17.9 Å². The van der Waals surface area contributed by atoms with E-state index in [-0.39, 0.29) is 0 Å². The van der Waals surface area contributed by atoms with Crippen molar-refractivity contribution in [2.45, 2.75) is 6.85 Å². The van der Waals surface area contributed by atoms with Gasteiger partial charge < -0.3 is 8.83 Å². The van der Waals surface area contributed by atoms with Crippen LogP contribution >= 0.6 is 0 Å². The predicted octanol–water partition coefficient (Wildman–Crippen LogP) is 10.5. The van der Waals surface area contributed by atoms with E-state index in [9.17, 15) is 0 Å². The summed E-state index contributed by atoms with van der Waals surface area (Å²) in [6, 6.07) is 41.8. The molecule has 0 amide bonds. The molecule has 0 fully saturated rings. The fourth-order valence-corrected chi connectivity index (χ4v) is 6.13. The van der Waals surface area contributed by atoms with Crippen molar-refractivity contribution in [3.05, 3.63) is 133 Å². The average molecular weight is 544 g/mol. The van der Waals surface area contributed by atoms with Crippen molar-refractivity contribution >= 4 is 54.9 Å². The Balaban J connectivity index is 1.24. The lowest BCUT2D eigenvalue weighted by Crippen LogP contribution is -1.98. The molecule has 0 unspecified atom stereocenters. The van der Waals surface area contributed by atoms with E-state index in [0.717, 1.165) is 83.1 Å². The number of fused-ring (bicyclic) bond motifs is 7. The van der Waals surface area contributed by atoms with Gasteiger partial charge in [-0.25, -0.2) is 4.98 Å². The lowest BCUT2D eigenvalue weighted by molar-refractivity contribution is 0.666. The second-order valence-corrected chi connectivity index (χ2v) is 10.6. The Bertz CT molecular complexity index is 2590. The lowest BCUT2D eigenvalue weighted by Gasteiger charge is -2.10. The highest BCUT2D eigenvalue weighted by Gasteiger charge is 2.20. The third-order valence-corrected chi connectivity index (χ3v) is 8.13. The Labute approximate surface area is 245 Å². The summed E-state index contributed by atoms with van der Waals surface area (Å²) in [5.74, 6) is 0.803. The van der Waals surface area contributed by atoms with Crippen molar-refractivity contribution in [3.63, 3.8) is 0 Å². The molecule has 0 spiro atoms. The summed E-state index contributed by atoms with van der Waals surface area (Å²) < 4.78 is 38.0. The molecule has 0 saturated heterocycles. The van der Waals surface area contributed by atoms with Crippen LogP contribution in [0, 0.1) is 6.85 Å². The molecular formula is C38H24N2O2. The van der Waals surface area contributed by atoms with Crippen LogP contribution in [0.25, 0.3) is 83.1 Å². The first-order chi connectivity index (χ1) is 21.9. The van der Waals surface area contributed by atoms with E-state index in [1.54, 1.807) is 12.1 Å². The number of imidazole rings is 1. The van der Waals surface area contributed by atoms with Gasteiger partial charge in [-0.2, -0.15) is 0 Å². The van der Waals surface area contributed by atoms with Crippen molar-refractivity contribution in [1.82, 2.24) is 9.55 Å². The van der Waals surface area contributed by atoms with E-state index in [1.165, 1.54) is 0 Å². The summed E-state index contributed by atoms with van der Waals surface area (Å²) in [5, 5.41) is 4.09. The zero-order chi connectivity index (χ0) is 30.3. The Kier molecular flexibility index (Phi) is 4.20. The predicted molar refractivity (Wildman–Crippen MR) is 171 cm³/mol. The van der Waals surface area contributed by atoms with Gasteiger partial charge in [0.05, 0.1) is 16.7 Å². The molecule has 0 aliphatic rings. The summed E-state index contributed by atoms with van der Waals surface area (Å²) >= 11 is 0. The average Bonchev–Trinajstić information content (AvgIpc) is 3.75. The third-order valence-electron chi connectivity index (χ3n) is 8.13. The highest BCUT2D eigenvalue weighted by Crippen LogP contribution is 2.39. The standard InChI is InChI=1S/C38H24N2O2/c1-23-13-15-24(16-14-23)25-17-19-35-29(21-25)30-22-26(18-20-36(30)41-35)38-39-31-9-3-4-10-32(31)40(38)33-11-6-8-28-27-7-2-5-12-34(27)42-37(28)33/h2-22H,1H3/i1D3. The molecule has 0 radical (unpaired) electrons. The molecule has 198 valence electrons. The third kappa shape index (κ3) is 3.39. The molecule has 0 atom stereocenters. The monoisotopic (exact) mass is 543 g/mol. The van der Waals surface area contributed by atoms with Crippen LogP contribution in [0.15, 0.2) is 136 Å². The van der Waals surface area contributed by atoms with Crippen LogP contribution in [-0.2, 0) is 0 Å². The number of para-hydroxylation sites is 4. The van der Waals surface area contributed by atoms with Crippen molar-refractivity contribution in [1.29, 1.82) is 0 Å². The SMILES string of the molecule is [2H]C([2H])([2H])c1ccc(-c2ccc3oc4ccc(-c5nc6ccccc6n5-c5cccc6c5oc5ccccc56)cc4c3c2)cc1. The second-order valence-electron chi connectivity index (χ2n) is 10.6. The molecule has 4 nitrogen and oxygen atoms in total. The minimum atomic E-state index is -2.13. The molecule has 3 aromatic heterocycles. The first-order valence-electron chi connectivity index (χ1n) is 15.4. The molecule has 0 bridgehead atoms. The van der Waals surface area contributed by atoms with Crippen LogP contribution in [0.4, 0.5) is 0 Å². The molecule has 0 N–H and O–H groups in total. The zero-order valence-electron chi connectivity index (χ0n) is 25.3. The summed E-state index contributed by atoms with van der Waals surface area (Å²) in [6.07, 6.45) is 0. The van der Waals surface area contributed by atoms with Crippen LogP contribution in [0.1, 0.15) is 9.68 Å². The van der Waals surface area contributed by atoms with Crippen molar-refractivity contribution in [2.24, 2.45) is 0 Å². The number of benzene rings is 6. The maximum atomic E-state index is 7.70. The Morgan fingerprint density at radius 2 is 1.26 bits per heavy atom. The van der Waals surface area contributed by atoms with E-state index >= 15 is 0 Å². The largest absolute Gasteiger partial charge is 0.456 e. The van der Waals surface area contributed by atoms with Crippen LogP contribution in [0.5, 0.6) is 0 Å². The summed E-state index contributed by atoms with van der Waals surface area (Å²) in [5.41, 5.74) is 9.22. The molecular weight excluding hydrogens is 516 g/mol. The van der Waals surface area contributed by atoms with E-state index in [0.29, 0.717) is 5.56 Å². The van der Waals surface area contributed by atoms with E-state index in [1.807, 2.05) is 66.7 Å². The molecule has 9 rings (SSSR count). The van der Waals surface area contributed by atoms with Gasteiger partial charge in [-0.3, -0.25) is 4.57 Å². The van der Waals surface area contributed by atoms with Crippen LogP contribution in [-0.4, -0.2) is 9.55 Å². The molecule has 9 aromatic rings. The van der Waals surface area contributed by atoms with Crippen molar-refractivity contribution < 1.29 is 12.9 Å². The Morgan fingerprint density at radius 3 is 2.12 bits per heavy atom. The minimum absolute atomic E-state index is 0.326. The summed E-state index contributed by atoms with van der Waals surface area (Å²) in [6.45, 7) is -2.13. The maximum Gasteiger partial charge on any atom is 0.159 e. The molecule has 0 saturated carbocycles. The highest BCUT2D eigenvalue weighted by atomic mass is 16.3. The maximum absolute atomic E-state index is 7.70. The smallest absolute Gasteiger partial charge is 0.159 e. The number of aromatic nitrogens is 2. The normalized spacial score (nSPS) is 13.3. The van der Waals surface area contributed by atoms with E-state index < -0.39 is 6.85 Å². The summed E-state index contributed by atoms with van der Waals surface area (Å²) in [4.78, 5) is 5.13. The first-order valence-corrected chi connectivity index (χ1v) is 13.9. The van der Waals surface area contributed by atoms with Gasteiger partial charge in [-0.1, -0.05) is 78.4 Å². The van der Waals surface area contributed by atoms with Crippen LogP contribution < -0.4 is 0 Å². The number of aryl methyl sites for hydroxylation is 1. The van der Waals surface area contributed by atoms with Gasteiger partial charge in [0.25, 0.3) is 0 Å². The Hall–Kier alpha value is -5.61. The minimum Gasteiger partial charge on any atom is -0.456 e. The van der Waals surface area contributed by atoms with Gasteiger partial charge in [-0.05, 0) is 72.6 Å². The zero-order valence-corrected chi connectivity index (χ0v) is 22.3. The number of furan rings is 2. The lowest BCUT2D eigenvalue weighted by atomic mass is 10.0. The molecule has 0 aliphatic heterocycles. The molecule has 6 aromatic carbocycles. The van der Waals surface area contributed by atoms with Crippen molar-refractivity contribution in [3.8, 4) is 28.2 Å². The topological polar surface area (TPSA) is 44.1 Å². The number of rotatable bonds is 3. The van der Waals surface area contributed by atoms with Gasteiger partial charge in [0, 0.05) is 31.2 Å².